The maximum Gasteiger partial charge on any atom is 0.455 e. The Bertz CT molecular complexity index is 725. The third kappa shape index (κ3) is 4.32. The van der Waals surface area contributed by atoms with Gasteiger partial charge in [0.25, 0.3) is 11.7 Å². The predicted molar refractivity (Wildman–Crippen MR) is 78.9 cm³/mol. The highest BCUT2D eigenvalue weighted by molar-refractivity contribution is 7.16. The second-order valence-electron chi connectivity index (χ2n) is 4.52. The fourth-order valence-electron chi connectivity index (χ4n) is 1.77. The summed E-state index contributed by atoms with van der Waals surface area (Å²) in [6.45, 7) is 0.191. The highest BCUT2D eigenvalue weighted by Gasteiger charge is 2.40. The lowest BCUT2D eigenvalue weighted by atomic mass is 10.2. The lowest BCUT2D eigenvalue weighted by Crippen LogP contribution is -2.22. The number of rotatable bonds is 5. The van der Waals surface area contributed by atoms with Crippen LogP contribution in [0.2, 0.25) is 0 Å². The van der Waals surface area contributed by atoms with Gasteiger partial charge in [0.2, 0.25) is 0 Å². The van der Waals surface area contributed by atoms with Gasteiger partial charge in [0.1, 0.15) is 5.75 Å². The summed E-state index contributed by atoms with van der Waals surface area (Å²) in [5.41, 5.74) is 0.779. The molecule has 0 saturated carbocycles. The lowest BCUT2D eigenvalue weighted by Gasteiger charge is -2.06. The van der Waals surface area contributed by atoms with Crippen LogP contribution in [0, 0.1) is 0 Å². The molecule has 8 heteroatoms. The monoisotopic (exact) mass is 343 g/mol. The van der Waals surface area contributed by atoms with Crippen molar-refractivity contribution in [1.29, 1.82) is 0 Å². The number of amides is 1. The van der Waals surface area contributed by atoms with Crippen LogP contribution in [0.3, 0.4) is 0 Å². The summed E-state index contributed by atoms with van der Waals surface area (Å²) < 4.78 is 42.0. The van der Waals surface area contributed by atoms with Gasteiger partial charge in [0.05, 0.1) is 16.9 Å². The maximum absolute atomic E-state index is 12.3. The quantitative estimate of drug-likeness (QED) is 0.846. The number of thiophene rings is 1. The zero-order valence-corrected chi connectivity index (χ0v) is 12.8. The Morgan fingerprint density at radius 3 is 2.52 bits per heavy atom. The number of ketones is 1. The van der Waals surface area contributed by atoms with Crippen LogP contribution in [0.1, 0.15) is 24.9 Å². The molecule has 0 aliphatic heterocycles. The van der Waals surface area contributed by atoms with Crippen LogP contribution in [0.5, 0.6) is 5.75 Å². The summed E-state index contributed by atoms with van der Waals surface area (Å²) in [6, 6.07) is 9.21. The molecule has 0 saturated heterocycles. The number of methoxy groups -OCH3 is 1. The molecule has 0 aliphatic rings. The number of halogens is 3. The topological polar surface area (TPSA) is 55.4 Å². The molecule has 23 heavy (non-hydrogen) atoms. The van der Waals surface area contributed by atoms with E-state index in [2.05, 4.69) is 5.32 Å². The van der Waals surface area contributed by atoms with Crippen molar-refractivity contribution in [2.45, 2.75) is 12.7 Å². The smallest absolute Gasteiger partial charge is 0.455 e. The number of ether oxygens (including phenoxy) is 1. The van der Waals surface area contributed by atoms with Crippen molar-refractivity contribution in [3.63, 3.8) is 0 Å². The minimum atomic E-state index is -4.95. The fourth-order valence-corrected chi connectivity index (χ4v) is 2.66. The van der Waals surface area contributed by atoms with Gasteiger partial charge in [-0.15, -0.1) is 11.3 Å². The molecule has 0 radical (unpaired) electrons. The largest absolute Gasteiger partial charge is 0.497 e. The molecule has 1 aromatic carbocycles. The van der Waals surface area contributed by atoms with Gasteiger partial charge in [-0.2, -0.15) is 13.2 Å². The van der Waals surface area contributed by atoms with Crippen LogP contribution >= 0.6 is 11.3 Å². The van der Waals surface area contributed by atoms with Gasteiger partial charge in [0.15, 0.2) is 0 Å². The van der Waals surface area contributed by atoms with E-state index in [4.69, 9.17) is 4.74 Å². The van der Waals surface area contributed by atoms with Gasteiger partial charge >= 0.3 is 6.18 Å². The van der Waals surface area contributed by atoms with E-state index in [1.165, 1.54) is 13.2 Å². The second kappa shape index (κ2) is 6.82. The molecule has 0 fully saturated rings. The standard InChI is InChI=1S/C15H12F3NO3S/c1-22-10-4-2-3-9(7-10)8-19-14(21)12-6-5-11(23-12)13(20)15(16,17)18/h2-7H,8H2,1H3,(H,19,21). The van der Waals surface area contributed by atoms with Crippen molar-refractivity contribution in [2.75, 3.05) is 7.11 Å². The minimum absolute atomic E-state index is 0.0421. The maximum atomic E-state index is 12.3. The Morgan fingerprint density at radius 1 is 1.17 bits per heavy atom. The number of nitrogens with one attached hydrogen (secondary N) is 1. The van der Waals surface area contributed by atoms with E-state index in [1.807, 2.05) is 0 Å². The second-order valence-corrected chi connectivity index (χ2v) is 5.61. The summed E-state index contributed by atoms with van der Waals surface area (Å²) in [5.74, 6) is -1.86. The fraction of sp³-hybridized carbons (Fsp3) is 0.200. The molecule has 0 spiro atoms. The van der Waals surface area contributed by atoms with Crippen LogP contribution < -0.4 is 10.1 Å². The van der Waals surface area contributed by atoms with Crippen LogP contribution in [0.15, 0.2) is 36.4 Å². The van der Waals surface area contributed by atoms with Crippen molar-refractivity contribution in [3.05, 3.63) is 51.7 Å². The number of alkyl halides is 3. The van der Waals surface area contributed by atoms with Crippen LogP contribution in [0.4, 0.5) is 13.2 Å². The molecular weight excluding hydrogens is 331 g/mol. The Kier molecular flexibility index (Phi) is 5.05. The average Bonchev–Trinajstić information content (AvgIpc) is 3.01. The van der Waals surface area contributed by atoms with Gasteiger partial charge in [-0.05, 0) is 29.8 Å². The molecule has 0 unspecified atom stereocenters. The number of hydrogen-bond donors (Lipinski definition) is 1. The average molecular weight is 343 g/mol. The van der Waals surface area contributed by atoms with E-state index in [-0.39, 0.29) is 11.4 Å². The van der Waals surface area contributed by atoms with Crippen molar-refractivity contribution < 1.29 is 27.5 Å². The number of carbonyl (C=O) groups is 2. The Balaban J connectivity index is 2.01. The zero-order valence-electron chi connectivity index (χ0n) is 11.9. The third-order valence-electron chi connectivity index (χ3n) is 2.90. The zero-order chi connectivity index (χ0) is 17.0. The number of benzene rings is 1. The van der Waals surface area contributed by atoms with Crippen molar-refractivity contribution in [3.8, 4) is 5.75 Å². The van der Waals surface area contributed by atoms with E-state index in [0.717, 1.165) is 11.6 Å². The molecule has 2 aromatic rings. The van der Waals surface area contributed by atoms with Gasteiger partial charge in [-0.25, -0.2) is 0 Å². The molecule has 0 atom stereocenters. The Morgan fingerprint density at radius 2 is 1.87 bits per heavy atom. The van der Waals surface area contributed by atoms with Gasteiger partial charge in [0, 0.05) is 6.54 Å². The highest BCUT2D eigenvalue weighted by Crippen LogP contribution is 2.26. The normalized spacial score (nSPS) is 11.1. The van der Waals surface area contributed by atoms with Crippen LogP contribution in [-0.4, -0.2) is 25.0 Å². The third-order valence-corrected chi connectivity index (χ3v) is 3.98. The summed E-state index contributed by atoms with van der Waals surface area (Å²) >= 11 is 0.512. The van der Waals surface area contributed by atoms with Crippen molar-refractivity contribution in [2.24, 2.45) is 0 Å². The first-order valence-corrected chi connectivity index (χ1v) is 7.25. The van der Waals surface area contributed by atoms with Crippen LogP contribution in [0.25, 0.3) is 0 Å². The lowest BCUT2D eigenvalue weighted by molar-refractivity contribution is -0.0882. The molecule has 1 N–H and O–H groups in total. The van der Waals surface area contributed by atoms with Gasteiger partial charge in [-0.1, -0.05) is 12.1 Å². The SMILES string of the molecule is COc1cccc(CNC(=O)c2ccc(C(=O)C(F)(F)F)s2)c1. The molecule has 4 nitrogen and oxygen atoms in total. The van der Waals surface area contributed by atoms with E-state index in [0.29, 0.717) is 17.1 Å². The summed E-state index contributed by atoms with van der Waals surface area (Å²) in [7, 11) is 1.52. The van der Waals surface area contributed by atoms with Crippen LogP contribution in [-0.2, 0) is 6.54 Å². The minimum Gasteiger partial charge on any atom is -0.497 e. The Labute approximate surface area is 133 Å². The Hall–Kier alpha value is -2.35. The molecule has 1 heterocycles. The summed E-state index contributed by atoms with van der Waals surface area (Å²) in [5, 5.41) is 2.58. The molecule has 1 amide bonds. The van der Waals surface area contributed by atoms with E-state index in [9.17, 15) is 22.8 Å². The van der Waals surface area contributed by atoms with E-state index in [1.54, 1.807) is 24.3 Å². The van der Waals surface area contributed by atoms with E-state index < -0.39 is 22.7 Å². The van der Waals surface area contributed by atoms with Crippen molar-refractivity contribution >= 4 is 23.0 Å². The van der Waals surface area contributed by atoms with E-state index >= 15 is 0 Å². The number of hydrogen-bond acceptors (Lipinski definition) is 4. The molecule has 0 aliphatic carbocycles. The van der Waals surface area contributed by atoms with Gasteiger partial charge in [-0.3, -0.25) is 9.59 Å². The number of carbonyl (C=O) groups excluding carboxylic acids is 2. The predicted octanol–water partition coefficient (Wildman–Crippen LogP) is 3.43. The summed E-state index contributed by atoms with van der Waals surface area (Å²) in [4.78, 5) is 22.6. The van der Waals surface area contributed by atoms with Crippen molar-refractivity contribution in [1.82, 2.24) is 5.32 Å². The summed E-state index contributed by atoms with van der Waals surface area (Å²) in [6.07, 6.45) is -4.95. The molecule has 1 aromatic heterocycles. The van der Waals surface area contributed by atoms with Gasteiger partial charge < -0.3 is 10.1 Å². The molecule has 2 rings (SSSR count). The first-order valence-electron chi connectivity index (χ1n) is 6.43. The number of Topliss-reactive ketones (excluding diaryl/α,β-unsaturated/α-hetero) is 1. The molecule has 0 bridgehead atoms. The first-order chi connectivity index (χ1) is 10.8. The molecular formula is C15H12F3NO3S. The first kappa shape index (κ1) is 17.0. The highest BCUT2D eigenvalue weighted by atomic mass is 32.1. The molecule has 122 valence electrons.